The van der Waals surface area contributed by atoms with Gasteiger partial charge in [-0.1, -0.05) is 24.3 Å². The minimum Gasteiger partial charge on any atom is -0.497 e. The number of methoxy groups -OCH3 is 2. The van der Waals surface area contributed by atoms with Crippen molar-refractivity contribution in [2.45, 2.75) is 19.1 Å². The highest BCUT2D eigenvalue weighted by Crippen LogP contribution is 2.26. The van der Waals surface area contributed by atoms with Crippen molar-refractivity contribution in [3.63, 3.8) is 0 Å². The van der Waals surface area contributed by atoms with E-state index in [0.29, 0.717) is 0 Å². The summed E-state index contributed by atoms with van der Waals surface area (Å²) >= 11 is 0. The second-order valence-corrected chi connectivity index (χ2v) is 5.71. The Labute approximate surface area is 137 Å². The number of quaternary nitrogens is 1. The van der Waals surface area contributed by atoms with Crippen molar-refractivity contribution >= 4 is 0 Å². The van der Waals surface area contributed by atoms with Crippen LogP contribution in [0.2, 0.25) is 0 Å². The van der Waals surface area contributed by atoms with Crippen molar-refractivity contribution in [2.24, 2.45) is 0 Å². The van der Waals surface area contributed by atoms with Gasteiger partial charge in [0.25, 0.3) is 0 Å². The maximum absolute atomic E-state index is 5.95. The molecule has 1 heterocycles. The summed E-state index contributed by atoms with van der Waals surface area (Å²) in [7, 11) is 3.36. The fraction of sp³-hybridized carbons (Fsp3) is 0.368. The van der Waals surface area contributed by atoms with E-state index in [0.717, 1.165) is 43.2 Å². The zero-order valence-corrected chi connectivity index (χ0v) is 13.7. The van der Waals surface area contributed by atoms with Crippen LogP contribution < -0.4 is 14.8 Å². The number of hydrogen-bond acceptors (Lipinski definition) is 3. The van der Waals surface area contributed by atoms with Gasteiger partial charge in [-0.3, -0.25) is 0 Å². The highest BCUT2D eigenvalue weighted by Gasteiger charge is 2.21. The summed E-state index contributed by atoms with van der Waals surface area (Å²) in [5, 5.41) is 2.27. The fourth-order valence-corrected chi connectivity index (χ4v) is 3.08. The predicted octanol–water partition coefficient (Wildman–Crippen LogP) is 2.08. The molecular weight excluding hydrogens is 290 g/mol. The van der Waals surface area contributed by atoms with Gasteiger partial charge in [0.15, 0.2) is 0 Å². The van der Waals surface area contributed by atoms with E-state index in [4.69, 9.17) is 14.2 Å². The molecule has 122 valence electrons. The van der Waals surface area contributed by atoms with Crippen LogP contribution in [0.4, 0.5) is 0 Å². The molecule has 0 spiro atoms. The standard InChI is InChI=1S/C19H23NO3/c1-21-16-8-7-15(18(11-16)22-2)12-20-13-19-17-6-4-3-5-14(17)9-10-23-19/h3-8,11,19-20H,9-10,12-13H2,1-2H3/p+1. The molecular formula is C19H24NO3+. The molecule has 23 heavy (non-hydrogen) atoms. The molecule has 1 unspecified atom stereocenters. The lowest BCUT2D eigenvalue weighted by Crippen LogP contribution is -2.83. The Morgan fingerprint density at radius 1 is 1.13 bits per heavy atom. The molecule has 0 saturated carbocycles. The van der Waals surface area contributed by atoms with E-state index in [9.17, 15) is 0 Å². The van der Waals surface area contributed by atoms with Crippen molar-refractivity contribution in [3.8, 4) is 11.5 Å². The van der Waals surface area contributed by atoms with Crippen LogP contribution in [0, 0.1) is 0 Å². The molecule has 0 fully saturated rings. The maximum Gasteiger partial charge on any atom is 0.131 e. The highest BCUT2D eigenvalue weighted by atomic mass is 16.5. The van der Waals surface area contributed by atoms with Gasteiger partial charge in [0, 0.05) is 11.6 Å². The zero-order chi connectivity index (χ0) is 16.1. The van der Waals surface area contributed by atoms with E-state index in [2.05, 4.69) is 35.6 Å². The smallest absolute Gasteiger partial charge is 0.131 e. The van der Waals surface area contributed by atoms with Gasteiger partial charge in [0.1, 0.15) is 30.7 Å². The van der Waals surface area contributed by atoms with Crippen molar-refractivity contribution in [1.82, 2.24) is 0 Å². The van der Waals surface area contributed by atoms with E-state index in [1.165, 1.54) is 11.1 Å². The van der Waals surface area contributed by atoms with Gasteiger partial charge in [-0.2, -0.15) is 0 Å². The van der Waals surface area contributed by atoms with Gasteiger partial charge in [-0.15, -0.1) is 0 Å². The summed E-state index contributed by atoms with van der Waals surface area (Å²) in [4.78, 5) is 0. The number of ether oxygens (including phenoxy) is 3. The highest BCUT2D eigenvalue weighted by molar-refractivity contribution is 5.40. The van der Waals surface area contributed by atoms with E-state index in [-0.39, 0.29) is 6.10 Å². The molecule has 3 rings (SSSR count). The summed E-state index contributed by atoms with van der Waals surface area (Å²) in [6.45, 7) is 2.57. The lowest BCUT2D eigenvalue weighted by Gasteiger charge is -2.24. The quantitative estimate of drug-likeness (QED) is 0.888. The number of rotatable bonds is 6. The molecule has 2 aromatic carbocycles. The first-order valence-electron chi connectivity index (χ1n) is 8.04. The van der Waals surface area contributed by atoms with Gasteiger partial charge in [0.2, 0.25) is 0 Å². The largest absolute Gasteiger partial charge is 0.497 e. The summed E-state index contributed by atoms with van der Waals surface area (Å²) < 4.78 is 16.6. The zero-order valence-electron chi connectivity index (χ0n) is 13.7. The molecule has 0 radical (unpaired) electrons. The fourth-order valence-electron chi connectivity index (χ4n) is 3.08. The molecule has 0 aliphatic carbocycles. The second-order valence-electron chi connectivity index (χ2n) is 5.71. The lowest BCUT2D eigenvalue weighted by molar-refractivity contribution is -0.678. The van der Waals surface area contributed by atoms with Crippen molar-refractivity contribution in [1.29, 1.82) is 0 Å². The number of hydrogen-bond donors (Lipinski definition) is 1. The normalized spacial score (nSPS) is 16.7. The summed E-state index contributed by atoms with van der Waals surface area (Å²) in [6.07, 6.45) is 1.18. The van der Waals surface area contributed by atoms with Crippen molar-refractivity contribution in [3.05, 3.63) is 59.2 Å². The molecule has 1 aliphatic rings. The first kappa shape index (κ1) is 15.8. The van der Waals surface area contributed by atoms with Crippen LogP contribution in [0.5, 0.6) is 11.5 Å². The Bertz CT molecular complexity index is 657. The molecule has 0 aromatic heterocycles. The number of fused-ring (bicyclic) bond motifs is 1. The van der Waals surface area contributed by atoms with Crippen molar-refractivity contribution in [2.75, 3.05) is 27.4 Å². The van der Waals surface area contributed by atoms with E-state index >= 15 is 0 Å². The summed E-state index contributed by atoms with van der Waals surface area (Å²) in [6, 6.07) is 14.5. The average molecular weight is 314 g/mol. The van der Waals surface area contributed by atoms with Crippen LogP contribution in [0.25, 0.3) is 0 Å². The first-order chi connectivity index (χ1) is 11.3. The van der Waals surface area contributed by atoms with Crippen LogP contribution in [0.15, 0.2) is 42.5 Å². The third kappa shape index (κ3) is 3.66. The average Bonchev–Trinajstić information content (AvgIpc) is 2.62. The molecule has 2 N–H and O–H groups in total. The second kappa shape index (κ2) is 7.49. The Kier molecular flexibility index (Phi) is 5.16. The predicted molar refractivity (Wildman–Crippen MR) is 88.9 cm³/mol. The molecule has 1 atom stereocenters. The minimum absolute atomic E-state index is 0.171. The van der Waals surface area contributed by atoms with E-state index < -0.39 is 0 Å². The van der Waals surface area contributed by atoms with Crippen LogP contribution in [-0.2, 0) is 17.7 Å². The molecule has 4 nitrogen and oxygen atoms in total. The SMILES string of the molecule is COc1ccc(C[NH2+]CC2OCCc3ccccc32)c(OC)c1. The summed E-state index contributed by atoms with van der Waals surface area (Å²) in [5.41, 5.74) is 3.91. The van der Waals surface area contributed by atoms with E-state index in [1.807, 2.05) is 12.1 Å². The van der Waals surface area contributed by atoms with Gasteiger partial charge in [0.05, 0.1) is 20.8 Å². The summed E-state index contributed by atoms with van der Waals surface area (Å²) in [5.74, 6) is 1.68. The number of nitrogens with two attached hydrogens (primary N) is 1. The topological polar surface area (TPSA) is 44.3 Å². The minimum atomic E-state index is 0.171. The van der Waals surface area contributed by atoms with Crippen LogP contribution in [0.3, 0.4) is 0 Å². The molecule has 0 amide bonds. The lowest BCUT2D eigenvalue weighted by atomic mass is 9.97. The Morgan fingerprint density at radius 2 is 2.00 bits per heavy atom. The van der Waals surface area contributed by atoms with Gasteiger partial charge < -0.3 is 19.5 Å². The first-order valence-corrected chi connectivity index (χ1v) is 8.04. The van der Waals surface area contributed by atoms with Crippen LogP contribution in [-0.4, -0.2) is 27.4 Å². The van der Waals surface area contributed by atoms with Gasteiger partial charge in [-0.25, -0.2) is 0 Å². The van der Waals surface area contributed by atoms with Gasteiger partial charge in [-0.05, 0) is 29.7 Å². The van der Waals surface area contributed by atoms with Crippen LogP contribution >= 0.6 is 0 Å². The third-order valence-corrected chi connectivity index (χ3v) is 4.33. The van der Waals surface area contributed by atoms with Crippen molar-refractivity contribution < 1.29 is 19.5 Å². The molecule has 0 bridgehead atoms. The van der Waals surface area contributed by atoms with Gasteiger partial charge >= 0.3 is 0 Å². The molecule has 2 aromatic rings. The third-order valence-electron chi connectivity index (χ3n) is 4.33. The molecule has 1 aliphatic heterocycles. The Hall–Kier alpha value is -2.04. The number of benzene rings is 2. The van der Waals surface area contributed by atoms with Crippen LogP contribution in [0.1, 0.15) is 22.8 Å². The van der Waals surface area contributed by atoms with E-state index in [1.54, 1.807) is 14.2 Å². The monoisotopic (exact) mass is 314 g/mol. The molecule has 0 saturated heterocycles. The molecule has 4 heteroatoms. The Balaban J connectivity index is 1.62. The maximum atomic E-state index is 5.95. The Morgan fingerprint density at radius 3 is 2.83 bits per heavy atom.